The number of halogens is 12. The lowest BCUT2D eigenvalue weighted by molar-refractivity contribution is -0.618. The first-order valence-corrected chi connectivity index (χ1v) is 7.27. The van der Waals surface area contributed by atoms with Gasteiger partial charge in [-0.05, 0) is 27.7 Å². The van der Waals surface area contributed by atoms with Crippen molar-refractivity contribution in [3.05, 3.63) is 0 Å². The summed E-state index contributed by atoms with van der Waals surface area (Å²) in [5, 5.41) is 0. The lowest BCUT2D eigenvalue weighted by Crippen LogP contribution is -3.01. The maximum atomic E-state index is 14.7. The third kappa shape index (κ3) is 0.990. The summed E-state index contributed by atoms with van der Waals surface area (Å²) in [6.45, 7) is -2.33. The van der Waals surface area contributed by atoms with E-state index in [1.54, 1.807) is 0 Å². The van der Waals surface area contributed by atoms with Crippen LogP contribution in [0.2, 0.25) is 0 Å². The molecule has 0 amide bonds. The van der Waals surface area contributed by atoms with Crippen LogP contribution < -0.4 is 0 Å². The van der Waals surface area contributed by atoms with Gasteiger partial charge >= 0.3 is 0 Å². The Morgan fingerprint density at radius 3 is 0.423 bits per heavy atom. The fourth-order valence-corrected chi connectivity index (χ4v) is 5.37. The van der Waals surface area contributed by atoms with E-state index in [0.717, 1.165) is 0 Å². The molecule has 0 nitrogen and oxygen atoms in total. The Labute approximate surface area is 138 Å². The molecule has 0 unspecified atom stereocenters. The molecule has 4 aliphatic carbocycles. The lowest BCUT2D eigenvalue weighted by Gasteiger charge is -2.80. The van der Waals surface area contributed by atoms with E-state index >= 15 is 0 Å². The summed E-state index contributed by atoms with van der Waals surface area (Å²) in [6.07, 6.45) is 0. The molecule has 0 aliphatic heterocycles. The fraction of sp³-hybridized carbons (Fsp3) is 1.00. The van der Waals surface area contributed by atoms with E-state index < -0.39 is 84.9 Å². The second kappa shape index (κ2) is 3.70. The van der Waals surface area contributed by atoms with Gasteiger partial charge in [-0.15, -0.1) is 0 Å². The second-order valence-electron chi connectivity index (χ2n) is 7.95. The highest BCUT2D eigenvalue weighted by Crippen LogP contribution is 2.95. The first-order valence-electron chi connectivity index (χ1n) is 7.27. The van der Waals surface area contributed by atoms with Gasteiger partial charge in [-0.25, -0.2) is 52.7 Å². The predicted molar refractivity (Wildman–Crippen MR) is 62.1 cm³/mol. The molecule has 0 saturated heterocycles. The zero-order valence-electron chi connectivity index (χ0n) is 13.5. The summed E-state index contributed by atoms with van der Waals surface area (Å²) >= 11 is 0. The Balaban J connectivity index is 2.71. The van der Waals surface area contributed by atoms with Crippen LogP contribution in [0.15, 0.2) is 0 Å². The summed E-state index contributed by atoms with van der Waals surface area (Å²) in [4.78, 5) is 0. The van der Waals surface area contributed by atoms with Crippen LogP contribution in [-0.2, 0) is 0 Å². The van der Waals surface area contributed by atoms with E-state index in [2.05, 4.69) is 0 Å². The Bertz CT molecular complexity index is 508. The van der Waals surface area contributed by atoms with Crippen molar-refractivity contribution >= 4 is 0 Å². The maximum absolute atomic E-state index is 14.7. The first kappa shape index (κ1) is 19.9. The molecule has 4 aliphatic rings. The second-order valence-corrected chi connectivity index (χ2v) is 7.95. The Morgan fingerprint density at radius 1 is 0.269 bits per heavy atom. The summed E-state index contributed by atoms with van der Waals surface area (Å²) in [6, 6.07) is 0. The van der Waals surface area contributed by atoms with Crippen molar-refractivity contribution in [2.75, 3.05) is 0 Å². The van der Waals surface area contributed by atoms with Gasteiger partial charge in [0.1, 0.15) is 0 Å². The van der Waals surface area contributed by atoms with E-state index in [0.29, 0.717) is 0 Å². The molecule has 0 aromatic rings. The quantitative estimate of drug-likeness (QED) is 0.441. The maximum Gasteiger partial charge on any atom is 0.281 e. The minimum atomic E-state index is -6.10. The number of rotatable bonds is 0. The molecule has 0 spiro atoms. The van der Waals surface area contributed by atoms with Gasteiger partial charge in [-0.2, -0.15) is 0 Å². The molecular formula is C14H12F12. The number of hydrogen-bond donors (Lipinski definition) is 0. The standard InChI is InChI=1S/C14H12F12/c1-5-9(15,16)6(2)12(21,22)7(3,10(5,17)18)14(25,26)8(4,11(5,19)20)13(6,23)24/h1-4H3. The van der Waals surface area contributed by atoms with Gasteiger partial charge < -0.3 is 0 Å². The van der Waals surface area contributed by atoms with Crippen LogP contribution in [0.25, 0.3) is 0 Å². The van der Waals surface area contributed by atoms with Gasteiger partial charge in [0, 0.05) is 0 Å². The van der Waals surface area contributed by atoms with Gasteiger partial charge in [0.15, 0.2) is 21.7 Å². The summed E-state index contributed by atoms with van der Waals surface area (Å²) in [5.41, 5.74) is -20.8. The fourth-order valence-electron chi connectivity index (χ4n) is 5.37. The highest BCUT2D eigenvalue weighted by Gasteiger charge is 3.15. The zero-order chi connectivity index (χ0) is 21.0. The molecule has 0 atom stereocenters. The minimum absolute atomic E-state index is 0.582. The van der Waals surface area contributed by atoms with Crippen molar-refractivity contribution in [2.45, 2.75) is 63.2 Å². The first-order chi connectivity index (χ1) is 11.0. The molecule has 4 fully saturated rings. The van der Waals surface area contributed by atoms with Gasteiger partial charge in [0.05, 0.1) is 0 Å². The molecule has 4 rings (SSSR count). The normalized spacial score (nSPS) is 53.5. The summed E-state index contributed by atoms with van der Waals surface area (Å²) in [7, 11) is 0. The highest BCUT2D eigenvalue weighted by molar-refractivity contribution is 5.46. The number of alkyl halides is 12. The summed E-state index contributed by atoms with van der Waals surface area (Å²) < 4.78 is 176. The summed E-state index contributed by atoms with van der Waals surface area (Å²) in [5.74, 6) is -36.6. The third-order valence-electron chi connectivity index (χ3n) is 7.54. The molecule has 12 heteroatoms. The van der Waals surface area contributed by atoms with Gasteiger partial charge in [0.25, 0.3) is 35.5 Å². The molecular weight excluding hydrogens is 396 g/mol. The van der Waals surface area contributed by atoms with Crippen molar-refractivity contribution in [3.63, 3.8) is 0 Å². The molecule has 26 heavy (non-hydrogen) atoms. The van der Waals surface area contributed by atoms with Gasteiger partial charge in [-0.3, -0.25) is 0 Å². The molecule has 0 heterocycles. The van der Waals surface area contributed by atoms with E-state index in [9.17, 15) is 52.7 Å². The molecule has 152 valence electrons. The van der Waals surface area contributed by atoms with Crippen LogP contribution in [0.1, 0.15) is 27.7 Å². The zero-order valence-corrected chi connectivity index (χ0v) is 13.5. The molecule has 0 radical (unpaired) electrons. The lowest BCUT2D eigenvalue weighted by atomic mass is 9.28. The Morgan fingerprint density at radius 2 is 0.346 bits per heavy atom. The van der Waals surface area contributed by atoms with E-state index in [1.807, 2.05) is 0 Å². The van der Waals surface area contributed by atoms with E-state index in [1.165, 1.54) is 0 Å². The molecule has 0 aromatic carbocycles. The average Bonchev–Trinajstić information content (AvgIpc) is 2.46. The van der Waals surface area contributed by atoms with E-state index in [-0.39, 0.29) is 0 Å². The van der Waals surface area contributed by atoms with Gasteiger partial charge in [0.2, 0.25) is 0 Å². The van der Waals surface area contributed by atoms with Crippen molar-refractivity contribution in [1.82, 2.24) is 0 Å². The van der Waals surface area contributed by atoms with Crippen molar-refractivity contribution in [1.29, 1.82) is 0 Å². The average molecular weight is 408 g/mol. The Kier molecular flexibility index (Phi) is 2.84. The van der Waals surface area contributed by atoms with Crippen LogP contribution in [0.4, 0.5) is 52.7 Å². The van der Waals surface area contributed by atoms with Gasteiger partial charge in [-0.1, -0.05) is 0 Å². The van der Waals surface area contributed by atoms with Crippen molar-refractivity contribution in [2.24, 2.45) is 21.7 Å². The monoisotopic (exact) mass is 408 g/mol. The predicted octanol–water partition coefficient (Wildman–Crippen LogP) is 5.86. The van der Waals surface area contributed by atoms with Crippen LogP contribution in [-0.4, -0.2) is 35.5 Å². The topological polar surface area (TPSA) is 0 Å². The van der Waals surface area contributed by atoms with Crippen molar-refractivity contribution in [3.8, 4) is 0 Å². The third-order valence-corrected chi connectivity index (χ3v) is 7.54. The smallest absolute Gasteiger partial charge is 0.205 e. The largest absolute Gasteiger partial charge is 0.281 e. The van der Waals surface area contributed by atoms with Crippen LogP contribution in [0.3, 0.4) is 0 Å². The highest BCUT2D eigenvalue weighted by atomic mass is 19.3. The van der Waals surface area contributed by atoms with Crippen LogP contribution >= 0.6 is 0 Å². The molecule has 4 bridgehead atoms. The SMILES string of the molecule is CC12C(F)(F)C3(C)C(F)(F)C(C)(C1(F)F)C(F)(F)C(C)(C2(F)F)C3(F)F. The van der Waals surface area contributed by atoms with Crippen LogP contribution in [0.5, 0.6) is 0 Å². The van der Waals surface area contributed by atoms with Crippen molar-refractivity contribution < 1.29 is 52.7 Å². The number of hydrogen-bond acceptors (Lipinski definition) is 0. The van der Waals surface area contributed by atoms with Crippen LogP contribution in [0, 0.1) is 21.7 Å². The Hall–Kier alpha value is -0.840. The molecule has 0 aromatic heterocycles. The minimum Gasteiger partial charge on any atom is -0.205 e. The molecule has 0 N–H and O–H groups in total. The van der Waals surface area contributed by atoms with E-state index in [4.69, 9.17) is 0 Å². The molecule has 4 saturated carbocycles.